The van der Waals surface area contributed by atoms with Gasteiger partial charge in [0.1, 0.15) is 11.5 Å². The second-order valence-electron chi connectivity index (χ2n) is 10.3. The Morgan fingerprint density at radius 2 is 1.71 bits per heavy atom. The summed E-state index contributed by atoms with van der Waals surface area (Å²) < 4.78 is 90.2. The Morgan fingerprint density at radius 3 is 2.32 bits per heavy atom. The number of hydrogen-bond acceptors (Lipinski definition) is 7. The van der Waals surface area contributed by atoms with Crippen LogP contribution in [-0.2, 0) is 14.9 Å². The zero-order chi connectivity index (χ0) is 29.9. The molecule has 1 fully saturated rings. The summed E-state index contributed by atoms with van der Waals surface area (Å²) in [7, 11) is -3.07. The van der Waals surface area contributed by atoms with Crippen LogP contribution in [0.15, 0.2) is 58.3 Å². The molecular weight excluding hydrogens is 581 g/mol. The van der Waals surface area contributed by atoms with Gasteiger partial charge in [0.05, 0.1) is 15.4 Å². The van der Waals surface area contributed by atoms with E-state index in [1.54, 1.807) is 0 Å². The van der Waals surface area contributed by atoms with Crippen LogP contribution in [0.4, 0.5) is 13.2 Å². The van der Waals surface area contributed by atoms with Gasteiger partial charge in [-0.25, -0.2) is 4.79 Å². The predicted molar refractivity (Wildman–Crippen MR) is 149 cm³/mol. The Morgan fingerprint density at radius 1 is 1.00 bits per heavy atom. The number of rotatable bonds is 9. The molecule has 41 heavy (non-hydrogen) atoms. The molecule has 0 heterocycles. The van der Waals surface area contributed by atoms with E-state index in [2.05, 4.69) is 0 Å². The smallest absolute Gasteiger partial charge is 0.446 e. The maximum absolute atomic E-state index is 13.3. The molecule has 0 bridgehead atoms. The van der Waals surface area contributed by atoms with E-state index in [0.29, 0.717) is 16.3 Å². The minimum Gasteiger partial charge on any atom is -0.463 e. The van der Waals surface area contributed by atoms with Gasteiger partial charge in [0.2, 0.25) is 6.29 Å². The highest BCUT2D eigenvalue weighted by Crippen LogP contribution is 2.44. The fourth-order valence-electron chi connectivity index (χ4n) is 4.98. The molecule has 1 aliphatic carbocycles. The molecule has 0 saturated heterocycles. The second-order valence-corrected chi connectivity index (χ2v) is 12.8. The summed E-state index contributed by atoms with van der Waals surface area (Å²) in [5.74, 6) is -0.905. The van der Waals surface area contributed by atoms with Crippen molar-refractivity contribution in [3.63, 3.8) is 0 Å². The number of benzene rings is 3. The molecule has 1 saturated carbocycles. The first-order valence-electron chi connectivity index (χ1n) is 13.1. The van der Waals surface area contributed by atoms with Crippen molar-refractivity contribution in [2.45, 2.75) is 73.5 Å². The number of ether oxygens (including phenoxy) is 3. The lowest BCUT2D eigenvalue weighted by atomic mass is 9.84. The zero-order valence-corrected chi connectivity index (χ0v) is 24.4. The number of carbonyl (C=O) groups is 1. The van der Waals surface area contributed by atoms with Crippen LogP contribution in [0.3, 0.4) is 0 Å². The predicted octanol–water partition coefficient (Wildman–Crippen LogP) is 7.97. The van der Waals surface area contributed by atoms with E-state index in [4.69, 9.17) is 14.2 Å². The maximum atomic E-state index is 13.3. The fraction of sp³-hybridized carbons (Fsp3) is 0.414. The van der Waals surface area contributed by atoms with Gasteiger partial charge in [-0.2, -0.15) is 21.6 Å². The van der Waals surface area contributed by atoms with Gasteiger partial charge in [0.25, 0.3) is 10.1 Å². The molecule has 1 atom stereocenters. The third-order valence-electron chi connectivity index (χ3n) is 6.90. The molecule has 4 rings (SSSR count). The molecule has 0 aromatic heterocycles. The van der Waals surface area contributed by atoms with Crippen LogP contribution in [0.2, 0.25) is 0 Å². The molecule has 12 heteroatoms. The van der Waals surface area contributed by atoms with Crippen molar-refractivity contribution in [2.75, 3.05) is 7.11 Å². The number of hydrogen-bond donors (Lipinski definition) is 1. The van der Waals surface area contributed by atoms with E-state index in [1.807, 2.05) is 13.8 Å². The number of thioether (sulfide) groups is 1. The molecule has 0 amide bonds. The van der Waals surface area contributed by atoms with Gasteiger partial charge < -0.3 is 14.2 Å². The third kappa shape index (κ3) is 7.94. The molecule has 3 aromatic rings. The molecule has 1 N–H and O–H groups in total. The Balaban J connectivity index is 1.66. The molecule has 222 valence electrons. The SMILES string of the molecule is COC(Oc1cc2cc(C(=O)Oc3ccc(S(=O)(=O)O)c(C4CCCCC4)c3)ccc2cc1SC(F)(F)F)C(C)C. The lowest BCUT2D eigenvalue weighted by Crippen LogP contribution is -2.25. The Kier molecular flexibility index (Phi) is 9.57. The number of alkyl halides is 3. The van der Waals surface area contributed by atoms with Crippen molar-refractivity contribution in [1.82, 2.24) is 0 Å². The van der Waals surface area contributed by atoms with Crippen LogP contribution in [-0.4, -0.2) is 37.8 Å². The first-order valence-corrected chi connectivity index (χ1v) is 15.4. The highest BCUT2D eigenvalue weighted by Gasteiger charge is 2.32. The van der Waals surface area contributed by atoms with Gasteiger partial charge in [0, 0.05) is 13.0 Å². The molecule has 0 spiro atoms. The van der Waals surface area contributed by atoms with Crippen LogP contribution in [0.5, 0.6) is 11.5 Å². The van der Waals surface area contributed by atoms with Gasteiger partial charge in [-0.05, 0) is 89.3 Å². The number of halogens is 3. The molecule has 3 aromatic carbocycles. The lowest BCUT2D eigenvalue weighted by molar-refractivity contribution is -0.0849. The average Bonchev–Trinajstić information content (AvgIpc) is 2.90. The van der Waals surface area contributed by atoms with Gasteiger partial charge >= 0.3 is 11.5 Å². The summed E-state index contributed by atoms with van der Waals surface area (Å²) >= 11 is -0.298. The van der Waals surface area contributed by atoms with Crippen molar-refractivity contribution in [2.24, 2.45) is 5.92 Å². The van der Waals surface area contributed by atoms with E-state index in [1.165, 1.54) is 55.6 Å². The third-order valence-corrected chi connectivity index (χ3v) is 8.60. The van der Waals surface area contributed by atoms with Crippen molar-refractivity contribution in [3.05, 3.63) is 59.7 Å². The largest absolute Gasteiger partial charge is 0.463 e. The standard InChI is InChI=1S/C29H31F3O7S2/c1-17(2)28(37-3)39-24-14-21-13-20(10-9-19(21)15-25(24)40-29(30,31)32)27(33)38-22-11-12-26(41(34,35)36)23(16-22)18-7-5-4-6-8-18/h9-18,28H,4-8H2,1-3H3,(H,34,35,36). The Bertz CT molecular complexity index is 1510. The average molecular weight is 613 g/mol. The van der Waals surface area contributed by atoms with Crippen molar-refractivity contribution < 1.29 is 45.1 Å². The van der Waals surface area contributed by atoms with Crippen molar-refractivity contribution >= 4 is 38.6 Å². The summed E-state index contributed by atoms with van der Waals surface area (Å²) in [6, 6.07) is 11.2. The van der Waals surface area contributed by atoms with Gasteiger partial charge in [-0.15, -0.1) is 0 Å². The molecule has 0 radical (unpaired) electrons. The van der Waals surface area contributed by atoms with Crippen molar-refractivity contribution in [1.29, 1.82) is 0 Å². The number of methoxy groups -OCH3 is 1. The number of esters is 1. The summed E-state index contributed by atoms with van der Waals surface area (Å²) in [6.07, 6.45) is 3.61. The summed E-state index contributed by atoms with van der Waals surface area (Å²) in [4.78, 5) is 12.7. The molecule has 1 unspecified atom stereocenters. The Hall–Kier alpha value is -2.80. The highest BCUT2D eigenvalue weighted by atomic mass is 32.2. The van der Waals surface area contributed by atoms with E-state index in [0.717, 1.165) is 32.1 Å². The van der Waals surface area contributed by atoms with Crippen LogP contribution < -0.4 is 9.47 Å². The zero-order valence-electron chi connectivity index (χ0n) is 22.7. The monoisotopic (exact) mass is 612 g/mol. The summed E-state index contributed by atoms with van der Waals surface area (Å²) in [5.41, 5.74) is -4.01. The van der Waals surface area contributed by atoms with E-state index < -0.39 is 27.9 Å². The Labute approximate surface area is 241 Å². The van der Waals surface area contributed by atoms with Crippen LogP contribution >= 0.6 is 11.8 Å². The van der Waals surface area contributed by atoms with E-state index in [9.17, 15) is 30.9 Å². The molecule has 0 aliphatic heterocycles. The van der Waals surface area contributed by atoms with Crippen LogP contribution in [0.25, 0.3) is 10.8 Å². The first-order chi connectivity index (χ1) is 19.2. The quantitative estimate of drug-likeness (QED) is 0.0854. The molecule has 1 aliphatic rings. The minimum atomic E-state index is -4.54. The second kappa shape index (κ2) is 12.6. The number of fused-ring (bicyclic) bond motifs is 1. The summed E-state index contributed by atoms with van der Waals surface area (Å²) in [6.45, 7) is 3.62. The molecule has 7 nitrogen and oxygen atoms in total. The van der Waals surface area contributed by atoms with E-state index in [-0.39, 0.29) is 50.5 Å². The van der Waals surface area contributed by atoms with Crippen molar-refractivity contribution in [3.8, 4) is 11.5 Å². The van der Waals surface area contributed by atoms with Gasteiger partial charge in [0.15, 0.2) is 0 Å². The van der Waals surface area contributed by atoms with E-state index >= 15 is 0 Å². The maximum Gasteiger partial charge on any atom is 0.446 e. The van der Waals surface area contributed by atoms with Crippen LogP contribution in [0, 0.1) is 5.92 Å². The molecular formula is C29H31F3O7S2. The normalized spacial score (nSPS) is 15.7. The number of carbonyl (C=O) groups excluding carboxylic acids is 1. The lowest BCUT2D eigenvalue weighted by Gasteiger charge is -2.24. The minimum absolute atomic E-state index is 0.0381. The van der Waals surface area contributed by atoms with Gasteiger partial charge in [-0.3, -0.25) is 4.55 Å². The highest BCUT2D eigenvalue weighted by molar-refractivity contribution is 8.00. The van der Waals surface area contributed by atoms with Gasteiger partial charge in [-0.1, -0.05) is 39.2 Å². The topological polar surface area (TPSA) is 99.1 Å². The summed E-state index contributed by atoms with van der Waals surface area (Å²) in [5, 5.41) is 0.903. The van der Waals surface area contributed by atoms with Crippen LogP contribution in [0.1, 0.15) is 67.8 Å². The first kappa shape index (κ1) is 31.1. The fourth-order valence-corrected chi connectivity index (χ4v) is 6.39.